The zero-order chi connectivity index (χ0) is 31.9. The van der Waals surface area contributed by atoms with Gasteiger partial charge in [0, 0.05) is 0 Å². The first-order chi connectivity index (χ1) is 23.8. The van der Waals surface area contributed by atoms with Gasteiger partial charge in [-0.3, -0.25) is 0 Å². The van der Waals surface area contributed by atoms with Crippen molar-refractivity contribution in [3.8, 4) is 22.3 Å². The van der Waals surface area contributed by atoms with Crippen molar-refractivity contribution in [2.24, 2.45) is 0 Å². The van der Waals surface area contributed by atoms with E-state index in [0.29, 0.717) is 0 Å². The van der Waals surface area contributed by atoms with Gasteiger partial charge in [0.15, 0.2) is 0 Å². The molecule has 2 bridgehead atoms. The van der Waals surface area contributed by atoms with E-state index in [-0.39, 0.29) is 0 Å². The molecule has 0 saturated carbocycles. The van der Waals surface area contributed by atoms with E-state index in [2.05, 4.69) is 194 Å². The normalized spacial score (nSPS) is 11.3. The lowest BCUT2D eigenvalue weighted by molar-refractivity contribution is 1.65. The van der Waals surface area contributed by atoms with Gasteiger partial charge in [-0.15, -0.1) is 0 Å². The molecule has 0 aliphatic heterocycles. The highest BCUT2D eigenvalue weighted by molar-refractivity contribution is 6.34. The van der Waals surface area contributed by atoms with Crippen LogP contribution in [0.1, 0.15) is 0 Å². The highest BCUT2D eigenvalue weighted by atomic mass is 14.2. The quantitative estimate of drug-likeness (QED) is 0.171. The maximum atomic E-state index is 2.35. The standard InChI is InChI=1S/C48H32/c1-3-13-33(14-4-1)37-27-29-41-39(31-37)25-23-35-17-7-8-18-36(35)24-26-40-32-38(34-15-5-2-6-16-34)28-30-42(40)48-45-21-11-9-19-43(45)47(41)44-20-10-12-22-46(44)48/h1-32H. The van der Waals surface area contributed by atoms with Gasteiger partial charge in [-0.2, -0.15) is 0 Å². The average molecular weight is 609 g/mol. The SMILES string of the molecule is c1ccc(-c2ccc3c(ccc4ccccc4ccc4cc(-c5ccccc5)ccc4c4c5ccccc5c3c3ccccc34)c2)cc1. The molecular formula is C48H32. The Morgan fingerprint density at radius 2 is 0.521 bits per heavy atom. The first-order valence-electron chi connectivity index (χ1n) is 16.6. The monoisotopic (exact) mass is 608 g/mol. The molecule has 48 heavy (non-hydrogen) atoms. The summed E-state index contributed by atoms with van der Waals surface area (Å²) < 4.78 is 0. The molecule has 224 valence electrons. The van der Waals surface area contributed by atoms with Crippen molar-refractivity contribution in [3.05, 3.63) is 194 Å². The third-order valence-electron chi connectivity index (χ3n) is 9.67. The molecule has 0 aliphatic carbocycles. The van der Waals surface area contributed by atoms with Gasteiger partial charge >= 0.3 is 0 Å². The number of benzene rings is 8. The Hall–Kier alpha value is -6.24. The maximum absolute atomic E-state index is 2.35. The minimum Gasteiger partial charge on any atom is -0.0622 e. The van der Waals surface area contributed by atoms with Gasteiger partial charge in [-0.25, -0.2) is 0 Å². The summed E-state index contributed by atoms with van der Waals surface area (Å²) in [4.78, 5) is 0. The van der Waals surface area contributed by atoms with E-state index in [0.717, 1.165) is 0 Å². The van der Waals surface area contributed by atoms with Crippen molar-refractivity contribution in [1.82, 2.24) is 0 Å². The second-order valence-corrected chi connectivity index (χ2v) is 12.5. The fourth-order valence-electron chi connectivity index (χ4n) is 7.36. The molecule has 0 aliphatic rings. The van der Waals surface area contributed by atoms with Crippen LogP contribution in [0.4, 0.5) is 0 Å². The topological polar surface area (TPSA) is 0 Å². The molecule has 0 heterocycles. The summed E-state index contributed by atoms with van der Waals surface area (Å²) in [6, 6.07) is 71.0. The van der Waals surface area contributed by atoms with E-state index in [9.17, 15) is 0 Å². The first kappa shape index (κ1) is 28.0. The van der Waals surface area contributed by atoms with Crippen LogP contribution in [0.15, 0.2) is 194 Å². The Morgan fingerprint density at radius 3 is 0.917 bits per heavy atom. The van der Waals surface area contributed by atoms with Crippen LogP contribution in [0.25, 0.3) is 86.9 Å². The Labute approximate surface area is 280 Å². The van der Waals surface area contributed by atoms with Gasteiger partial charge in [0.25, 0.3) is 0 Å². The van der Waals surface area contributed by atoms with Crippen molar-refractivity contribution in [2.45, 2.75) is 0 Å². The summed E-state index contributed by atoms with van der Waals surface area (Å²) in [5.74, 6) is 0. The minimum absolute atomic E-state index is 1.19. The van der Waals surface area contributed by atoms with E-state index >= 15 is 0 Å². The largest absolute Gasteiger partial charge is 0.0622 e. The number of hydrogen-bond donors (Lipinski definition) is 0. The van der Waals surface area contributed by atoms with Crippen molar-refractivity contribution in [1.29, 1.82) is 0 Å². The molecule has 0 spiro atoms. The smallest absolute Gasteiger partial charge is 0.00203 e. The van der Waals surface area contributed by atoms with Crippen LogP contribution in [-0.4, -0.2) is 0 Å². The van der Waals surface area contributed by atoms with Crippen LogP contribution in [0.2, 0.25) is 0 Å². The molecule has 10 rings (SSSR count). The Morgan fingerprint density at radius 1 is 0.188 bits per heavy atom. The third kappa shape index (κ3) is 4.87. The maximum Gasteiger partial charge on any atom is -0.00203 e. The molecule has 0 saturated heterocycles. The Bertz CT molecular complexity index is 2500. The van der Waals surface area contributed by atoms with Crippen molar-refractivity contribution >= 4 is 64.6 Å². The molecule has 0 aromatic heterocycles. The van der Waals surface area contributed by atoms with Gasteiger partial charge in [0.1, 0.15) is 0 Å². The summed E-state index contributed by atoms with van der Waals surface area (Å²) in [6.45, 7) is 0. The average Bonchev–Trinajstić information content (AvgIpc) is 3.16. The number of rotatable bonds is 2. The van der Waals surface area contributed by atoms with Crippen LogP contribution >= 0.6 is 0 Å². The molecule has 0 N–H and O–H groups in total. The molecule has 10 aromatic rings. The van der Waals surface area contributed by atoms with E-state index in [1.165, 1.54) is 86.9 Å². The van der Waals surface area contributed by atoms with Crippen LogP contribution in [0, 0.1) is 0 Å². The van der Waals surface area contributed by atoms with Crippen molar-refractivity contribution in [3.63, 3.8) is 0 Å². The first-order valence-corrected chi connectivity index (χ1v) is 16.6. The van der Waals surface area contributed by atoms with Gasteiger partial charge in [0.05, 0.1) is 0 Å². The second kappa shape index (κ2) is 11.8. The number of hydrogen-bond acceptors (Lipinski definition) is 0. The molecular weight excluding hydrogens is 577 g/mol. The van der Waals surface area contributed by atoms with Crippen LogP contribution < -0.4 is 0 Å². The minimum atomic E-state index is 1.19. The van der Waals surface area contributed by atoms with Gasteiger partial charge in [-0.1, -0.05) is 182 Å². The predicted molar refractivity (Wildman–Crippen MR) is 209 cm³/mol. The lowest BCUT2D eigenvalue weighted by Crippen LogP contribution is -1.86. The summed E-state index contributed by atoms with van der Waals surface area (Å²) in [7, 11) is 0. The lowest BCUT2D eigenvalue weighted by atomic mass is 9.90. The molecule has 0 radical (unpaired) electrons. The summed E-state index contributed by atoms with van der Waals surface area (Å²) in [6.07, 6.45) is 0. The fraction of sp³-hybridized carbons (Fsp3) is 0. The highest BCUT2D eigenvalue weighted by Crippen LogP contribution is 2.41. The lowest BCUT2D eigenvalue weighted by Gasteiger charge is -2.14. The molecule has 0 unspecified atom stereocenters. The third-order valence-corrected chi connectivity index (χ3v) is 9.67. The predicted octanol–water partition coefficient (Wildman–Crippen LogP) is 13.6. The van der Waals surface area contributed by atoms with E-state index in [4.69, 9.17) is 0 Å². The zero-order valence-corrected chi connectivity index (χ0v) is 26.5. The summed E-state index contributed by atoms with van der Waals surface area (Å²) in [5.41, 5.74) is 4.85. The number of fused-ring (bicyclic) bond motifs is 2. The van der Waals surface area contributed by atoms with Crippen molar-refractivity contribution in [2.75, 3.05) is 0 Å². The van der Waals surface area contributed by atoms with Gasteiger partial charge in [-0.05, 0) is 99.0 Å². The summed E-state index contributed by atoms with van der Waals surface area (Å²) in [5, 5.41) is 14.8. The molecule has 0 amide bonds. The van der Waals surface area contributed by atoms with E-state index in [1.54, 1.807) is 0 Å². The second-order valence-electron chi connectivity index (χ2n) is 12.5. The summed E-state index contributed by atoms with van der Waals surface area (Å²) >= 11 is 0. The molecule has 10 aromatic carbocycles. The molecule has 0 nitrogen and oxygen atoms in total. The van der Waals surface area contributed by atoms with Crippen molar-refractivity contribution < 1.29 is 0 Å². The van der Waals surface area contributed by atoms with Crippen LogP contribution in [0.5, 0.6) is 0 Å². The van der Waals surface area contributed by atoms with Crippen LogP contribution in [-0.2, 0) is 0 Å². The van der Waals surface area contributed by atoms with Gasteiger partial charge < -0.3 is 0 Å². The highest BCUT2D eigenvalue weighted by Gasteiger charge is 2.13. The Kier molecular flexibility index (Phi) is 6.91. The molecule has 0 atom stereocenters. The Balaban J connectivity index is 1.54. The van der Waals surface area contributed by atoms with Gasteiger partial charge in [0.2, 0.25) is 0 Å². The fourth-order valence-corrected chi connectivity index (χ4v) is 7.36. The molecule has 0 fully saturated rings. The van der Waals surface area contributed by atoms with Crippen LogP contribution in [0.3, 0.4) is 0 Å². The zero-order valence-electron chi connectivity index (χ0n) is 26.5. The molecule has 0 heteroatoms. The van der Waals surface area contributed by atoms with E-state index in [1.807, 2.05) is 0 Å². The van der Waals surface area contributed by atoms with E-state index < -0.39 is 0 Å².